The lowest BCUT2D eigenvalue weighted by Crippen LogP contribution is -2.40. The third-order valence-corrected chi connectivity index (χ3v) is 7.09. The van der Waals surface area contributed by atoms with Gasteiger partial charge in [-0.05, 0) is 67.9 Å². The van der Waals surface area contributed by atoms with Crippen LogP contribution < -0.4 is 0 Å². The first-order valence-corrected chi connectivity index (χ1v) is 12.4. The molecular formula is C26H24ClN3O2S. The van der Waals surface area contributed by atoms with Crippen molar-refractivity contribution in [3.63, 3.8) is 0 Å². The van der Waals surface area contributed by atoms with Crippen molar-refractivity contribution in [3.8, 4) is 11.3 Å². The highest BCUT2D eigenvalue weighted by Crippen LogP contribution is 2.39. The van der Waals surface area contributed by atoms with E-state index in [9.17, 15) is 4.79 Å². The van der Waals surface area contributed by atoms with Gasteiger partial charge in [-0.15, -0.1) is 0 Å². The molecule has 1 aliphatic carbocycles. The zero-order valence-electron chi connectivity index (χ0n) is 18.3. The van der Waals surface area contributed by atoms with E-state index in [2.05, 4.69) is 4.98 Å². The number of aryl methyl sites for hydroxylation is 1. The summed E-state index contributed by atoms with van der Waals surface area (Å²) in [7, 11) is 0. The standard InChI is InChI=1S/C26H24ClN3O2S/c1-17-7-5-12-24(28-17)29-26-30(20-10-3-2-4-11-20)25(31)23(33-26)16-21-13-14-22(32-21)18-8-6-9-19(27)15-18/h5-9,12-16,20H,2-4,10-11H2,1H3/b23-16+,29-26+. The Bertz CT molecular complexity index is 1240. The van der Waals surface area contributed by atoms with E-state index in [4.69, 9.17) is 21.0 Å². The van der Waals surface area contributed by atoms with Crippen LogP contribution in [0.1, 0.15) is 43.6 Å². The predicted molar refractivity (Wildman–Crippen MR) is 135 cm³/mol. The Kier molecular flexibility index (Phi) is 6.38. The fourth-order valence-corrected chi connectivity index (χ4v) is 5.49. The number of benzene rings is 1. The summed E-state index contributed by atoms with van der Waals surface area (Å²) in [5.41, 5.74) is 1.80. The van der Waals surface area contributed by atoms with E-state index in [-0.39, 0.29) is 11.9 Å². The molecule has 0 radical (unpaired) electrons. The van der Waals surface area contributed by atoms with Crippen molar-refractivity contribution in [1.82, 2.24) is 9.88 Å². The molecule has 2 fully saturated rings. The molecule has 2 aliphatic rings. The smallest absolute Gasteiger partial charge is 0.267 e. The van der Waals surface area contributed by atoms with Gasteiger partial charge in [-0.1, -0.05) is 49.1 Å². The largest absolute Gasteiger partial charge is 0.457 e. The first-order chi connectivity index (χ1) is 16.1. The average Bonchev–Trinajstić information content (AvgIpc) is 3.39. The van der Waals surface area contributed by atoms with Crippen molar-refractivity contribution < 1.29 is 9.21 Å². The highest BCUT2D eigenvalue weighted by molar-refractivity contribution is 8.18. The maximum atomic E-state index is 13.5. The van der Waals surface area contributed by atoms with Gasteiger partial charge in [0.05, 0.1) is 4.91 Å². The number of nitrogens with zero attached hydrogens (tertiary/aromatic N) is 3. The quantitative estimate of drug-likeness (QED) is 0.371. The number of hydrogen-bond donors (Lipinski definition) is 0. The normalized spacial score (nSPS) is 19.7. The van der Waals surface area contributed by atoms with Crippen molar-refractivity contribution in [1.29, 1.82) is 0 Å². The maximum Gasteiger partial charge on any atom is 0.267 e. The van der Waals surface area contributed by atoms with E-state index < -0.39 is 0 Å². The minimum absolute atomic E-state index is 0.0148. The Morgan fingerprint density at radius 2 is 1.94 bits per heavy atom. The molecule has 7 heteroatoms. The number of furan rings is 1. The van der Waals surface area contributed by atoms with Crippen LogP contribution in [-0.2, 0) is 4.79 Å². The van der Waals surface area contributed by atoms with Gasteiger partial charge in [-0.25, -0.2) is 9.98 Å². The second kappa shape index (κ2) is 9.57. The Hall–Kier alpha value is -2.83. The summed E-state index contributed by atoms with van der Waals surface area (Å²) in [6.45, 7) is 1.94. The average molecular weight is 478 g/mol. The number of aromatic nitrogens is 1. The molecule has 3 aromatic rings. The highest BCUT2D eigenvalue weighted by atomic mass is 35.5. The lowest BCUT2D eigenvalue weighted by atomic mass is 9.94. The Labute approximate surface area is 202 Å². The number of thioether (sulfide) groups is 1. The number of rotatable bonds is 4. The molecule has 0 N–H and O–H groups in total. The second-order valence-corrected chi connectivity index (χ2v) is 9.77. The van der Waals surface area contributed by atoms with E-state index >= 15 is 0 Å². The molecule has 168 valence electrons. The number of carbonyl (C=O) groups is 1. The molecule has 2 aromatic heterocycles. The van der Waals surface area contributed by atoms with Crippen molar-refractivity contribution in [2.24, 2.45) is 4.99 Å². The van der Waals surface area contributed by atoms with Crippen LogP contribution in [0.2, 0.25) is 5.02 Å². The van der Waals surface area contributed by atoms with Crippen LogP contribution in [0.4, 0.5) is 5.82 Å². The SMILES string of the molecule is Cc1cccc(/N=C2/S/C(=C/c3ccc(-c4cccc(Cl)c4)o3)C(=O)N2C2CCCCC2)n1. The van der Waals surface area contributed by atoms with E-state index in [1.165, 1.54) is 18.2 Å². The third-order valence-electron chi connectivity index (χ3n) is 5.87. The van der Waals surface area contributed by atoms with E-state index in [0.29, 0.717) is 32.4 Å². The fraction of sp³-hybridized carbons (Fsp3) is 0.269. The zero-order chi connectivity index (χ0) is 22.8. The molecule has 1 saturated carbocycles. The summed E-state index contributed by atoms with van der Waals surface area (Å²) in [4.78, 5) is 25.2. The Morgan fingerprint density at radius 3 is 2.73 bits per heavy atom. The van der Waals surface area contributed by atoms with Gasteiger partial charge >= 0.3 is 0 Å². The molecule has 33 heavy (non-hydrogen) atoms. The van der Waals surface area contributed by atoms with Gasteiger partial charge in [-0.3, -0.25) is 9.69 Å². The van der Waals surface area contributed by atoms with Gasteiger partial charge in [0.2, 0.25) is 0 Å². The number of aliphatic imine (C=N–C) groups is 1. The third kappa shape index (κ3) is 4.92. The Morgan fingerprint density at radius 1 is 1.12 bits per heavy atom. The van der Waals surface area contributed by atoms with Crippen LogP contribution in [0.3, 0.4) is 0 Å². The summed E-state index contributed by atoms with van der Waals surface area (Å²) in [6, 6.07) is 17.2. The summed E-state index contributed by atoms with van der Waals surface area (Å²) < 4.78 is 6.01. The van der Waals surface area contributed by atoms with Crippen LogP contribution in [0.25, 0.3) is 17.4 Å². The summed E-state index contributed by atoms with van der Waals surface area (Å²) >= 11 is 7.50. The van der Waals surface area contributed by atoms with Gasteiger partial charge in [0.25, 0.3) is 5.91 Å². The van der Waals surface area contributed by atoms with E-state index in [1.807, 2.05) is 72.5 Å². The number of hydrogen-bond acceptors (Lipinski definition) is 5. The maximum absolute atomic E-state index is 13.5. The topological polar surface area (TPSA) is 58.7 Å². The highest BCUT2D eigenvalue weighted by Gasteiger charge is 2.39. The number of amides is 1. The summed E-state index contributed by atoms with van der Waals surface area (Å²) in [6.07, 6.45) is 7.30. The van der Waals surface area contributed by atoms with Crippen molar-refractivity contribution >= 4 is 46.3 Å². The first-order valence-electron chi connectivity index (χ1n) is 11.2. The lowest BCUT2D eigenvalue weighted by molar-refractivity contribution is -0.124. The molecule has 1 saturated heterocycles. The van der Waals surface area contributed by atoms with Crippen LogP contribution in [-0.4, -0.2) is 27.0 Å². The molecule has 5 rings (SSSR count). The lowest BCUT2D eigenvalue weighted by Gasteiger charge is -2.30. The zero-order valence-corrected chi connectivity index (χ0v) is 19.9. The number of pyridine rings is 1. The van der Waals surface area contributed by atoms with Crippen molar-refractivity contribution in [2.75, 3.05) is 0 Å². The minimum atomic E-state index is -0.0148. The van der Waals surface area contributed by atoms with Crippen LogP contribution in [0.5, 0.6) is 0 Å². The monoisotopic (exact) mass is 477 g/mol. The molecule has 1 amide bonds. The molecule has 0 spiro atoms. The number of halogens is 1. The van der Waals surface area contributed by atoms with Gasteiger partial charge in [0.1, 0.15) is 11.5 Å². The molecule has 3 heterocycles. The summed E-state index contributed by atoms with van der Waals surface area (Å²) in [5.74, 6) is 1.94. The van der Waals surface area contributed by atoms with Crippen LogP contribution in [0, 0.1) is 6.92 Å². The van der Waals surface area contributed by atoms with Crippen molar-refractivity contribution in [3.05, 3.63) is 76.0 Å². The van der Waals surface area contributed by atoms with E-state index in [0.717, 1.165) is 36.9 Å². The summed E-state index contributed by atoms with van der Waals surface area (Å²) in [5, 5.41) is 1.34. The van der Waals surface area contributed by atoms with Crippen LogP contribution >= 0.6 is 23.4 Å². The molecule has 0 bridgehead atoms. The second-order valence-electron chi connectivity index (χ2n) is 8.32. The minimum Gasteiger partial charge on any atom is -0.457 e. The molecular weight excluding hydrogens is 454 g/mol. The van der Waals surface area contributed by atoms with Crippen LogP contribution in [0.15, 0.2) is 68.9 Å². The predicted octanol–water partition coefficient (Wildman–Crippen LogP) is 7.24. The first kappa shape index (κ1) is 22.0. The van der Waals surface area contributed by atoms with E-state index in [1.54, 1.807) is 0 Å². The van der Waals surface area contributed by atoms with Gasteiger partial charge < -0.3 is 4.42 Å². The van der Waals surface area contributed by atoms with Gasteiger partial charge in [0, 0.05) is 28.4 Å². The van der Waals surface area contributed by atoms with Gasteiger partial charge in [0.15, 0.2) is 11.0 Å². The molecule has 0 unspecified atom stereocenters. The van der Waals surface area contributed by atoms with Crippen molar-refractivity contribution in [2.45, 2.75) is 45.1 Å². The van der Waals surface area contributed by atoms with Gasteiger partial charge in [-0.2, -0.15) is 0 Å². The molecule has 5 nitrogen and oxygen atoms in total. The molecule has 1 aromatic carbocycles. The molecule has 0 atom stereocenters. The Balaban J connectivity index is 1.47. The fourth-order valence-electron chi connectivity index (χ4n) is 4.27. The number of carbonyl (C=O) groups excluding carboxylic acids is 1. The molecule has 1 aliphatic heterocycles. The number of amidine groups is 1.